The molecule has 0 saturated heterocycles. The fourth-order valence-electron chi connectivity index (χ4n) is 1.35. The second-order valence-electron chi connectivity index (χ2n) is 5.21. The van der Waals surface area contributed by atoms with Gasteiger partial charge in [-0.1, -0.05) is 11.8 Å². The molecule has 0 saturated carbocycles. The number of carbonyl (C=O) groups excluding carboxylic acids is 2. The van der Waals surface area contributed by atoms with Crippen LogP contribution < -0.4 is 5.32 Å². The highest BCUT2D eigenvalue weighted by Gasteiger charge is 2.15. The highest BCUT2D eigenvalue weighted by atomic mass is 19.1. The Balaban J connectivity index is 2.66. The van der Waals surface area contributed by atoms with Crippen LogP contribution in [0.2, 0.25) is 0 Å². The second-order valence-corrected chi connectivity index (χ2v) is 5.21. The van der Waals surface area contributed by atoms with Crippen molar-refractivity contribution in [3.8, 4) is 11.8 Å². The molecule has 0 aliphatic heterocycles. The van der Waals surface area contributed by atoms with Crippen molar-refractivity contribution in [2.45, 2.75) is 26.4 Å². The van der Waals surface area contributed by atoms with Gasteiger partial charge in [-0.2, -0.15) is 4.39 Å². The van der Waals surface area contributed by atoms with E-state index in [2.05, 4.69) is 26.9 Å². The van der Waals surface area contributed by atoms with Crippen molar-refractivity contribution in [1.29, 1.82) is 0 Å². The molecule has 1 aromatic heterocycles. The van der Waals surface area contributed by atoms with E-state index in [4.69, 9.17) is 4.74 Å². The van der Waals surface area contributed by atoms with E-state index in [0.717, 1.165) is 7.11 Å². The number of alkyl carbamates (subject to hydrolysis) is 1. The van der Waals surface area contributed by atoms with E-state index in [1.807, 2.05) is 0 Å². The average molecular weight is 308 g/mol. The van der Waals surface area contributed by atoms with Crippen LogP contribution in [0.5, 0.6) is 0 Å². The van der Waals surface area contributed by atoms with Gasteiger partial charge in [-0.3, -0.25) is 0 Å². The summed E-state index contributed by atoms with van der Waals surface area (Å²) in [5.74, 6) is 3.54. The molecule has 1 N–H and O–H groups in total. The molecule has 0 aromatic carbocycles. The van der Waals surface area contributed by atoms with E-state index in [1.165, 1.54) is 12.3 Å². The van der Waals surface area contributed by atoms with Gasteiger partial charge < -0.3 is 14.8 Å². The van der Waals surface area contributed by atoms with Crippen LogP contribution in [-0.2, 0) is 9.47 Å². The van der Waals surface area contributed by atoms with Crippen LogP contribution in [0, 0.1) is 17.8 Å². The van der Waals surface area contributed by atoms with Crippen LogP contribution in [0.25, 0.3) is 0 Å². The molecule has 1 amide bonds. The minimum Gasteiger partial charge on any atom is -0.465 e. The van der Waals surface area contributed by atoms with Gasteiger partial charge in [-0.05, 0) is 26.8 Å². The number of methoxy groups -OCH3 is 1. The fraction of sp³-hybridized carbons (Fsp3) is 0.400. The first-order chi connectivity index (χ1) is 10.2. The monoisotopic (exact) mass is 308 g/mol. The average Bonchev–Trinajstić information content (AvgIpc) is 2.42. The minimum absolute atomic E-state index is 0.0415. The summed E-state index contributed by atoms with van der Waals surface area (Å²) in [6, 6.07) is 1.23. The highest BCUT2D eigenvalue weighted by Crippen LogP contribution is 2.08. The van der Waals surface area contributed by atoms with Crippen LogP contribution >= 0.6 is 0 Å². The van der Waals surface area contributed by atoms with Gasteiger partial charge in [0.15, 0.2) is 0 Å². The lowest BCUT2D eigenvalue weighted by atomic mass is 10.2. The van der Waals surface area contributed by atoms with E-state index in [-0.39, 0.29) is 12.1 Å². The van der Waals surface area contributed by atoms with Crippen molar-refractivity contribution >= 4 is 12.1 Å². The molecule has 1 rings (SSSR count). The van der Waals surface area contributed by atoms with Crippen LogP contribution in [0.4, 0.5) is 9.18 Å². The molecule has 22 heavy (non-hydrogen) atoms. The Labute approximate surface area is 128 Å². The number of carbonyl (C=O) groups is 2. The maximum absolute atomic E-state index is 13.3. The molecule has 0 spiro atoms. The lowest BCUT2D eigenvalue weighted by molar-refractivity contribution is 0.0533. The van der Waals surface area contributed by atoms with E-state index in [9.17, 15) is 14.0 Å². The zero-order chi connectivity index (χ0) is 16.8. The van der Waals surface area contributed by atoms with Crippen molar-refractivity contribution in [1.82, 2.24) is 10.3 Å². The van der Waals surface area contributed by atoms with Crippen LogP contribution in [0.1, 0.15) is 36.7 Å². The van der Waals surface area contributed by atoms with Gasteiger partial charge in [-0.25, -0.2) is 14.6 Å². The number of esters is 1. The molecule has 0 unspecified atom stereocenters. The third-order valence-corrected chi connectivity index (χ3v) is 2.20. The molecule has 118 valence electrons. The normalized spacial score (nSPS) is 10.2. The number of ether oxygens (including phenoxy) is 2. The first-order valence-electron chi connectivity index (χ1n) is 6.42. The van der Waals surface area contributed by atoms with E-state index in [1.54, 1.807) is 20.8 Å². The molecule has 0 aliphatic rings. The van der Waals surface area contributed by atoms with Crippen LogP contribution in [0.15, 0.2) is 12.3 Å². The third-order valence-electron chi connectivity index (χ3n) is 2.20. The molecule has 7 heteroatoms. The van der Waals surface area contributed by atoms with E-state index < -0.39 is 23.6 Å². The Morgan fingerprint density at radius 3 is 2.68 bits per heavy atom. The largest absolute Gasteiger partial charge is 0.465 e. The Hall–Kier alpha value is -2.62. The maximum Gasteiger partial charge on any atom is 0.408 e. The molecular weight excluding hydrogens is 291 g/mol. The molecule has 0 atom stereocenters. The molecule has 1 heterocycles. The zero-order valence-corrected chi connectivity index (χ0v) is 12.8. The number of rotatable bonds is 2. The number of pyridine rings is 1. The summed E-state index contributed by atoms with van der Waals surface area (Å²) >= 11 is 0. The molecule has 1 aromatic rings. The Morgan fingerprint density at radius 2 is 2.09 bits per heavy atom. The van der Waals surface area contributed by atoms with Gasteiger partial charge >= 0.3 is 12.1 Å². The number of amides is 1. The van der Waals surface area contributed by atoms with Crippen molar-refractivity contribution in [3.05, 3.63) is 29.3 Å². The smallest absolute Gasteiger partial charge is 0.408 e. The summed E-state index contributed by atoms with van der Waals surface area (Å²) < 4.78 is 22.8. The Morgan fingerprint density at radius 1 is 1.41 bits per heavy atom. The molecule has 0 aliphatic carbocycles. The Bertz CT molecular complexity index is 627. The highest BCUT2D eigenvalue weighted by molar-refractivity contribution is 5.89. The summed E-state index contributed by atoms with van der Waals surface area (Å²) in [7, 11) is 1.14. The summed E-state index contributed by atoms with van der Waals surface area (Å²) in [6.45, 7) is 5.28. The SMILES string of the molecule is COC(=O)c1cc(C#CCNC(=O)OC(C)(C)C)cnc1F. The number of nitrogens with one attached hydrogen (secondary N) is 1. The summed E-state index contributed by atoms with van der Waals surface area (Å²) in [4.78, 5) is 26.1. The lowest BCUT2D eigenvalue weighted by Crippen LogP contribution is -2.32. The van der Waals surface area contributed by atoms with E-state index >= 15 is 0 Å². The fourth-order valence-corrected chi connectivity index (χ4v) is 1.35. The summed E-state index contributed by atoms with van der Waals surface area (Å²) in [5, 5.41) is 2.45. The van der Waals surface area contributed by atoms with Crippen molar-refractivity contribution in [2.24, 2.45) is 0 Å². The summed E-state index contributed by atoms with van der Waals surface area (Å²) in [5.41, 5.74) is -0.560. The first kappa shape index (κ1) is 17.4. The summed E-state index contributed by atoms with van der Waals surface area (Å²) in [6.07, 6.45) is 0.594. The van der Waals surface area contributed by atoms with Gasteiger partial charge in [0, 0.05) is 11.8 Å². The predicted octanol–water partition coefficient (Wildman–Crippen LogP) is 1.88. The molecule has 0 bridgehead atoms. The van der Waals surface area contributed by atoms with Gasteiger partial charge in [0.2, 0.25) is 5.95 Å². The Kier molecular flexibility index (Phi) is 5.87. The molecular formula is C15H17FN2O4. The number of hydrogen-bond acceptors (Lipinski definition) is 5. The zero-order valence-electron chi connectivity index (χ0n) is 12.8. The van der Waals surface area contributed by atoms with Crippen LogP contribution in [-0.4, -0.2) is 36.3 Å². The third kappa shape index (κ3) is 5.79. The maximum atomic E-state index is 13.3. The van der Waals surface area contributed by atoms with Crippen molar-refractivity contribution in [3.63, 3.8) is 0 Å². The van der Waals surface area contributed by atoms with Gasteiger partial charge in [0.1, 0.15) is 11.2 Å². The second kappa shape index (κ2) is 7.41. The minimum atomic E-state index is -0.927. The first-order valence-corrected chi connectivity index (χ1v) is 6.42. The standard InChI is InChI=1S/C15H17FN2O4/c1-15(2,3)22-14(20)17-7-5-6-10-8-11(13(19)21-4)12(16)18-9-10/h8-9H,7H2,1-4H3,(H,17,20). The topological polar surface area (TPSA) is 77.5 Å². The van der Waals surface area contributed by atoms with E-state index in [0.29, 0.717) is 5.56 Å². The number of halogens is 1. The number of nitrogens with zero attached hydrogens (tertiary/aromatic N) is 1. The lowest BCUT2D eigenvalue weighted by Gasteiger charge is -2.18. The van der Waals surface area contributed by atoms with Crippen molar-refractivity contribution in [2.75, 3.05) is 13.7 Å². The molecule has 0 radical (unpaired) electrons. The van der Waals surface area contributed by atoms with Gasteiger partial charge in [-0.15, -0.1) is 0 Å². The molecule has 0 fully saturated rings. The van der Waals surface area contributed by atoms with Crippen molar-refractivity contribution < 1.29 is 23.5 Å². The molecule has 6 nitrogen and oxygen atoms in total. The van der Waals surface area contributed by atoms with Crippen LogP contribution in [0.3, 0.4) is 0 Å². The predicted molar refractivity (Wildman–Crippen MR) is 76.6 cm³/mol. The number of hydrogen-bond donors (Lipinski definition) is 1. The number of aromatic nitrogens is 1. The van der Waals surface area contributed by atoms with Gasteiger partial charge in [0.05, 0.1) is 13.7 Å². The van der Waals surface area contributed by atoms with Gasteiger partial charge in [0.25, 0.3) is 0 Å². The quantitative estimate of drug-likeness (QED) is 0.513.